The molecule has 0 atom stereocenters. The minimum absolute atomic E-state index is 0.0406. The normalized spacial score (nSPS) is 10.0. The molecule has 0 N–H and O–H groups in total. The lowest BCUT2D eigenvalue weighted by Crippen LogP contribution is -2.26. The fourth-order valence-electron chi connectivity index (χ4n) is 1.46. The highest BCUT2D eigenvalue weighted by Crippen LogP contribution is 2.28. The zero-order valence-corrected chi connectivity index (χ0v) is 10.8. The van der Waals surface area contributed by atoms with Crippen LogP contribution in [0.5, 0.6) is 5.75 Å². The molecule has 1 aromatic carbocycles. The molecule has 0 heterocycles. The molecule has 0 aliphatic heterocycles. The SMILES string of the molecule is COc1ccc(C)cc1N(C)C(=O)CCS. The molecule has 0 aliphatic rings. The van der Waals surface area contributed by atoms with E-state index in [0.29, 0.717) is 17.9 Å². The Kier molecular flexibility index (Phi) is 4.68. The van der Waals surface area contributed by atoms with Gasteiger partial charge in [0.2, 0.25) is 5.91 Å². The van der Waals surface area contributed by atoms with E-state index >= 15 is 0 Å². The first-order valence-electron chi connectivity index (χ1n) is 5.12. The van der Waals surface area contributed by atoms with E-state index in [9.17, 15) is 4.79 Å². The van der Waals surface area contributed by atoms with Gasteiger partial charge in [-0.1, -0.05) is 6.07 Å². The summed E-state index contributed by atoms with van der Waals surface area (Å²) < 4.78 is 5.24. The smallest absolute Gasteiger partial charge is 0.227 e. The molecule has 0 aliphatic carbocycles. The van der Waals surface area contributed by atoms with Crippen molar-refractivity contribution in [3.8, 4) is 5.75 Å². The molecule has 1 rings (SSSR count). The van der Waals surface area contributed by atoms with Crippen molar-refractivity contribution in [3.05, 3.63) is 23.8 Å². The topological polar surface area (TPSA) is 29.5 Å². The standard InChI is InChI=1S/C12H17NO2S/c1-9-4-5-11(15-3)10(8-9)13(2)12(14)6-7-16/h4-5,8,16H,6-7H2,1-3H3. The van der Waals surface area contributed by atoms with Crippen LogP contribution in [0.3, 0.4) is 0 Å². The Hall–Kier alpha value is -1.16. The zero-order valence-electron chi connectivity index (χ0n) is 9.86. The van der Waals surface area contributed by atoms with Gasteiger partial charge in [0.15, 0.2) is 0 Å². The molecule has 1 amide bonds. The van der Waals surface area contributed by atoms with Gasteiger partial charge in [0.25, 0.3) is 0 Å². The van der Waals surface area contributed by atoms with Crippen LogP contribution in [0.1, 0.15) is 12.0 Å². The number of hydrogen-bond acceptors (Lipinski definition) is 3. The Morgan fingerprint density at radius 1 is 1.50 bits per heavy atom. The van der Waals surface area contributed by atoms with Gasteiger partial charge < -0.3 is 9.64 Å². The van der Waals surface area contributed by atoms with E-state index in [4.69, 9.17) is 4.74 Å². The number of thiol groups is 1. The molecule has 0 spiro atoms. The Morgan fingerprint density at radius 2 is 2.19 bits per heavy atom. The van der Waals surface area contributed by atoms with Crippen molar-refractivity contribution in [1.29, 1.82) is 0 Å². The van der Waals surface area contributed by atoms with Crippen LogP contribution < -0.4 is 9.64 Å². The number of ether oxygens (including phenoxy) is 1. The Labute approximate surface area is 102 Å². The fourth-order valence-corrected chi connectivity index (χ4v) is 1.65. The largest absolute Gasteiger partial charge is 0.495 e. The molecule has 0 saturated heterocycles. The maximum atomic E-state index is 11.7. The Balaban J connectivity index is 3.01. The predicted octanol–water partition coefficient (Wildman–Crippen LogP) is 2.29. The first-order chi connectivity index (χ1) is 7.60. The molecule has 16 heavy (non-hydrogen) atoms. The van der Waals surface area contributed by atoms with Crippen LogP contribution in [0, 0.1) is 6.92 Å². The van der Waals surface area contributed by atoms with Gasteiger partial charge in [0.05, 0.1) is 12.8 Å². The van der Waals surface area contributed by atoms with E-state index in [1.54, 1.807) is 19.1 Å². The average Bonchev–Trinajstić information content (AvgIpc) is 2.28. The van der Waals surface area contributed by atoms with Gasteiger partial charge in [-0.15, -0.1) is 0 Å². The molecule has 0 fully saturated rings. The second-order valence-electron chi connectivity index (χ2n) is 3.60. The Bertz CT molecular complexity index is 379. The summed E-state index contributed by atoms with van der Waals surface area (Å²) in [5.41, 5.74) is 1.90. The van der Waals surface area contributed by atoms with Crippen LogP contribution >= 0.6 is 12.6 Å². The summed E-state index contributed by atoms with van der Waals surface area (Å²) in [6.45, 7) is 1.99. The molecule has 0 bridgehead atoms. The third kappa shape index (κ3) is 2.92. The van der Waals surface area contributed by atoms with Crippen LogP contribution in [0.15, 0.2) is 18.2 Å². The molecule has 1 aromatic rings. The van der Waals surface area contributed by atoms with Crippen molar-refractivity contribution in [1.82, 2.24) is 0 Å². The second kappa shape index (κ2) is 5.80. The molecule has 0 unspecified atom stereocenters. The minimum Gasteiger partial charge on any atom is -0.495 e. The summed E-state index contributed by atoms with van der Waals surface area (Å²) in [5.74, 6) is 1.30. The van der Waals surface area contributed by atoms with Crippen LogP contribution in [0.4, 0.5) is 5.69 Å². The molecule has 3 nitrogen and oxygen atoms in total. The van der Waals surface area contributed by atoms with Crippen LogP contribution in [-0.4, -0.2) is 25.8 Å². The van der Waals surface area contributed by atoms with Gasteiger partial charge in [0.1, 0.15) is 5.75 Å². The van der Waals surface area contributed by atoms with Crippen LogP contribution in [0.25, 0.3) is 0 Å². The first-order valence-corrected chi connectivity index (χ1v) is 5.75. The van der Waals surface area contributed by atoms with E-state index in [-0.39, 0.29) is 5.91 Å². The molecular formula is C12H17NO2S. The highest BCUT2D eigenvalue weighted by atomic mass is 32.1. The lowest BCUT2D eigenvalue weighted by Gasteiger charge is -2.20. The number of benzene rings is 1. The van der Waals surface area contributed by atoms with Crippen molar-refractivity contribution in [2.24, 2.45) is 0 Å². The lowest BCUT2D eigenvalue weighted by atomic mass is 10.2. The molecular weight excluding hydrogens is 222 g/mol. The van der Waals surface area contributed by atoms with E-state index in [2.05, 4.69) is 12.6 Å². The second-order valence-corrected chi connectivity index (χ2v) is 4.05. The molecule has 4 heteroatoms. The van der Waals surface area contributed by atoms with E-state index in [0.717, 1.165) is 11.3 Å². The maximum absolute atomic E-state index is 11.7. The zero-order chi connectivity index (χ0) is 12.1. The summed E-state index contributed by atoms with van der Waals surface area (Å²) in [4.78, 5) is 13.4. The average molecular weight is 239 g/mol. The fraction of sp³-hybridized carbons (Fsp3) is 0.417. The van der Waals surface area contributed by atoms with Gasteiger partial charge in [-0.05, 0) is 30.4 Å². The number of anilines is 1. The maximum Gasteiger partial charge on any atom is 0.227 e. The van der Waals surface area contributed by atoms with Gasteiger partial charge in [-0.2, -0.15) is 12.6 Å². The highest BCUT2D eigenvalue weighted by Gasteiger charge is 2.14. The summed E-state index contributed by atoms with van der Waals surface area (Å²) in [5, 5.41) is 0. The number of carbonyl (C=O) groups excluding carboxylic acids is 1. The van der Waals surface area contributed by atoms with Crippen molar-refractivity contribution in [2.75, 3.05) is 24.8 Å². The van der Waals surface area contributed by atoms with Crippen LogP contribution in [0.2, 0.25) is 0 Å². The summed E-state index contributed by atoms with van der Waals surface area (Å²) in [7, 11) is 3.36. The first kappa shape index (κ1) is 12.9. The quantitative estimate of drug-likeness (QED) is 0.817. The number of hydrogen-bond donors (Lipinski definition) is 1. The number of amides is 1. The lowest BCUT2D eigenvalue weighted by molar-refractivity contribution is -0.117. The molecule has 0 aromatic heterocycles. The van der Waals surface area contributed by atoms with Crippen molar-refractivity contribution in [3.63, 3.8) is 0 Å². The molecule has 0 saturated carbocycles. The highest BCUT2D eigenvalue weighted by molar-refractivity contribution is 7.80. The predicted molar refractivity (Wildman–Crippen MR) is 69.6 cm³/mol. The number of carbonyl (C=O) groups is 1. The van der Waals surface area contributed by atoms with Gasteiger partial charge >= 0.3 is 0 Å². The minimum atomic E-state index is 0.0406. The monoisotopic (exact) mass is 239 g/mol. The number of aryl methyl sites for hydroxylation is 1. The summed E-state index contributed by atoms with van der Waals surface area (Å²) in [6, 6.07) is 5.77. The number of rotatable bonds is 4. The van der Waals surface area contributed by atoms with E-state index in [1.165, 1.54) is 0 Å². The van der Waals surface area contributed by atoms with Crippen LogP contribution in [-0.2, 0) is 4.79 Å². The van der Waals surface area contributed by atoms with Crippen molar-refractivity contribution >= 4 is 24.2 Å². The van der Waals surface area contributed by atoms with E-state index < -0.39 is 0 Å². The summed E-state index contributed by atoms with van der Waals surface area (Å²) >= 11 is 4.06. The van der Waals surface area contributed by atoms with Gasteiger partial charge in [-0.3, -0.25) is 4.79 Å². The third-order valence-electron chi connectivity index (χ3n) is 2.40. The van der Waals surface area contributed by atoms with Crippen molar-refractivity contribution < 1.29 is 9.53 Å². The molecule has 88 valence electrons. The Morgan fingerprint density at radius 3 is 2.75 bits per heavy atom. The van der Waals surface area contributed by atoms with E-state index in [1.807, 2.05) is 25.1 Å². The van der Waals surface area contributed by atoms with Gasteiger partial charge in [-0.25, -0.2) is 0 Å². The number of methoxy groups -OCH3 is 1. The molecule has 0 radical (unpaired) electrons. The van der Waals surface area contributed by atoms with Crippen molar-refractivity contribution in [2.45, 2.75) is 13.3 Å². The van der Waals surface area contributed by atoms with Gasteiger partial charge in [0, 0.05) is 13.5 Å². The summed E-state index contributed by atoms with van der Waals surface area (Å²) in [6.07, 6.45) is 0.427. The number of nitrogens with zero attached hydrogens (tertiary/aromatic N) is 1. The third-order valence-corrected chi connectivity index (χ3v) is 2.62.